The van der Waals surface area contributed by atoms with Gasteiger partial charge in [-0.15, -0.1) is 0 Å². The van der Waals surface area contributed by atoms with E-state index in [9.17, 15) is 45.6 Å². The van der Waals surface area contributed by atoms with Gasteiger partial charge in [0.05, 0.1) is 32.0 Å². The van der Waals surface area contributed by atoms with Crippen molar-refractivity contribution in [1.29, 1.82) is 0 Å². The smallest absolute Gasteiger partial charge is 0.220 e. The maximum absolute atomic E-state index is 13.3. The van der Waals surface area contributed by atoms with Gasteiger partial charge in [0.1, 0.15) is 48.8 Å². The molecular formula is C63H111NO13. The fraction of sp³-hybridized carbons (Fsp3) is 0.794. The van der Waals surface area contributed by atoms with Gasteiger partial charge in [0.2, 0.25) is 5.91 Å². The first kappa shape index (κ1) is 70.5. The van der Waals surface area contributed by atoms with Crippen LogP contribution in [0.1, 0.15) is 226 Å². The minimum Gasteiger partial charge on any atom is -0.394 e. The number of nitrogens with one attached hydrogen (secondary N) is 1. The van der Waals surface area contributed by atoms with Gasteiger partial charge in [-0.2, -0.15) is 0 Å². The van der Waals surface area contributed by atoms with Crippen LogP contribution in [0.25, 0.3) is 0 Å². The maximum atomic E-state index is 13.3. The highest BCUT2D eigenvalue weighted by atomic mass is 16.7. The summed E-state index contributed by atoms with van der Waals surface area (Å²) in [5, 5.41) is 87.2. The Morgan fingerprint density at radius 3 is 1.38 bits per heavy atom. The lowest BCUT2D eigenvalue weighted by atomic mass is 9.97. The highest BCUT2D eigenvalue weighted by molar-refractivity contribution is 5.76. The molecule has 0 aromatic heterocycles. The van der Waals surface area contributed by atoms with Crippen LogP contribution in [0.5, 0.6) is 0 Å². The summed E-state index contributed by atoms with van der Waals surface area (Å²) < 4.78 is 22.8. The number of rotatable bonds is 48. The number of unbranched alkanes of at least 4 members (excludes halogenated alkanes) is 25. The van der Waals surface area contributed by atoms with Crippen LogP contribution in [0.2, 0.25) is 0 Å². The Kier molecular flexibility index (Phi) is 44.1. The van der Waals surface area contributed by atoms with Gasteiger partial charge in [-0.1, -0.05) is 228 Å². The molecule has 0 aliphatic carbocycles. The number of aliphatic hydroxyl groups excluding tert-OH is 8. The van der Waals surface area contributed by atoms with Gasteiger partial charge in [0, 0.05) is 6.42 Å². The fourth-order valence-corrected chi connectivity index (χ4v) is 9.73. The highest BCUT2D eigenvalue weighted by Crippen LogP contribution is 2.30. The molecule has 2 heterocycles. The van der Waals surface area contributed by atoms with Crippen molar-refractivity contribution >= 4 is 5.91 Å². The van der Waals surface area contributed by atoms with E-state index in [-0.39, 0.29) is 18.9 Å². The van der Waals surface area contributed by atoms with Crippen molar-refractivity contribution in [3.8, 4) is 0 Å². The van der Waals surface area contributed by atoms with E-state index < -0.39 is 86.8 Å². The number of hydrogen-bond donors (Lipinski definition) is 9. The van der Waals surface area contributed by atoms with Crippen molar-refractivity contribution in [2.75, 3.05) is 19.8 Å². The molecule has 2 aliphatic rings. The molecule has 0 saturated carbocycles. The number of amides is 1. The molecule has 2 aliphatic heterocycles. The molecule has 446 valence electrons. The average molecular weight is 1090 g/mol. The van der Waals surface area contributed by atoms with Crippen LogP contribution in [-0.2, 0) is 23.7 Å². The Morgan fingerprint density at radius 2 is 0.896 bits per heavy atom. The van der Waals surface area contributed by atoms with Gasteiger partial charge in [-0.3, -0.25) is 4.79 Å². The minimum absolute atomic E-state index is 0.256. The van der Waals surface area contributed by atoms with E-state index in [4.69, 9.17) is 18.9 Å². The molecule has 14 nitrogen and oxygen atoms in total. The van der Waals surface area contributed by atoms with Crippen molar-refractivity contribution in [2.24, 2.45) is 0 Å². The number of carbonyl (C=O) groups excluding carboxylic acids is 1. The first-order valence-electron chi connectivity index (χ1n) is 30.7. The first-order chi connectivity index (χ1) is 37.6. The van der Waals surface area contributed by atoms with Gasteiger partial charge < -0.3 is 65.1 Å². The van der Waals surface area contributed by atoms with Gasteiger partial charge in [0.15, 0.2) is 12.6 Å². The molecule has 0 radical (unpaired) electrons. The number of ether oxygens (including phenoxy) is 4. The summed E-state index contributed by atoms with van der Waals surface area (Å²) in [6.07, 6.45) is 46.5. The van der Waals surface area contributed by atoms with Crippen LogP contribution >= 0.6 is 0 Å². The summed E-state index contributed by atoms with van der Waals surface area (Å²) in [4.78, 5) is 13.3. The Balaban J connectivity index is 1.78. The SMILES string of the molecule is CC/C=C\C/C=C\C/C=C\C/C=C\C/C=C\CCCCCCCC(=O)NC(COC1OC(CO)C(OC2OC(CO)C(O)C(O)C2O)C(O)C1O)C(O)/C=C/CCCCCCCCCCCCCCCCCCCCCC. The Morgan fingerprint density at radius 1 is 0.481 bits per heavy atom. The molecule has 2 saturated heterocycles. The molecule has 0 aromatic rings. The third kappa shape index (κ3) is 33.7. The molecule has 2 fully saturated rings. The molecule has 9 N–H and O–H groups in total. The zero-order valence-corrected chi connectivity index (χ0v) is 47.9. The molecular weight excluding hydrogens is 979 g/mol. The van der Waals surface area contributed by atoms with E-state index in [0.717, 1.165) is 83.5 Å². The van der Waals surface area contributed by atoms with E-state index in [2.05, 4.69) is 79.9 Å². The molecule has 0 aromatic carbocycles. The summed E-state index contributed by atoms with van der Waals surface area (Å²) in [6, 6.07) is -0.930. The zero-order valence-electron chi connectivity index (χ0n) is 47.9. The van der Waals surface area contributed by atoms with Gasteiger partial charge >= 0.3 is 0 Å². The lowest BCUT2D eigenvalue weighted by molar-refractivity contribution is -0.359. The molecule has 0 bridgehead atoms. The van der Waals surface area contributed by atoms with Crippen LogP contribution < -0.4 is 5.32 Å². The van der Waals surface area contributed by atoms with E-state index in [0.29, 0.717) is 6.42 Å². The van der Waals surface area contributed by atoms with Crippen LogP contribution in [0.4, 0.5) is 0 Å². The van der Waals surface area contributed by atoms with Crippen molar-refractivity contribution in [3.63, 3.8) is 0 Å². The summed E-state index contributed by atoms with van der Waals surface area (Å²) in [5.74, 6) is -0.259. The average Bonchev–Trinajstić information content (AvgIpc) is 3.44. The number of carbonyl (C=O) groups is 1. The third-order valence-corrected chi connectivity index (χ3v) is 14.6. The zero-order chi connectivity index (χ0) is 56.0. The highest BCUT2D eigenvalue weighted by Gasteiger charge is 2.51. The number of allylic oxidation sites excluding steroid dienone is 11. The third-order valence-electron chi connectivity index (χ3n) is 14.6. The Labute approximate surface area is 466 Å². The first-order valence-corrected chi connectivity index (χ1v) is 30.7. The number of hydrogen-bond acceptors (Lipinski definition) is 13. The van der Waals surface area contributed by atoms with E-state index in [1.54, 1.807) is 6.08 Å². The Hall–Kier alpha value is -2.57. The van der Waals surface area contributed by atoms with Crippen molar-refractivity contribution < 1.29 is 64.6 Å². The molecule has 77 heavy (non-hydrogen) atoms. The summed E-state index contributed by atoms with van der Waals surface area (Å²) in [5.41, 5.74) is 0. The second-order valence-corrected chi connectivity index (χ2v) is 21.5. The molecule has 0 spiro atoms. The molecule has 2 rings (SSSR count). The van der Waals surface area contributed by atoms with E-state index >= 15 is 0 Å². The topological polar surface area (TPSA) is 228 Å². The quantitative estimate of drug-likeness (QED) is 0.0204. The molecule has 12 atom stereocenters. The lowest BCUT2D eigenvalue weighted by Gasteiger charge is -2.46. The summed E-state index contributed by atoms with van der Waals surface area (Å²) >= 11 is 0. The van der Waals surface area contributed by atoms with Crippen LogP contribution in [0, 0.1) is 0 Å². The normalized spacial score (nSPS) is 25.2. The molecule has 1 amide bonds. The van der Waals surface area contributed by atoms with E-state index in [1.165, 1.54) is 116 Å². The van der Waals surface area contributed by atoms with Crippen LogP contribution in [0.3, 0.4) is 0 Å². The monoisotopic (exact) mass is 1090 g/mol. The second-order valence-electron chi connectivity index (χ2n) is 21.5. The van der Waals surface area contributed by atoms with Crippen molar-refractivity contribution in [3.05, 3.63) is 72.9 Å². The summed E-state index contributed by atoms with van der Waals surface area (Å²) in [6.45, 7) is 2.68. The van der Waals surface area contributed by atoms with Gasteiger partial charge in [-0.05, 0) is 64.2 Å². The predicted molar refractivity (Wildman–Crippen MR) is 309 cm³/mol. The lowest BCUT2D eigenvalue weighted by Crippen LogP contribution is -2.65. The number of aliphatic hydroxyl groups is 8. The predicted octanol–water partition coefficient (Wildman–Crippen LogP) is 10.7. The van der Waals surface area contributed by atoms with Gasteiger partial charge in [-0.25, -0.2) is 0 Å². The van der Waals surface area contributed by atoms with Crippen LogP contribution in [0.15, 0.2) is 72.9 Å². The van der Waals surface area contributed by atoms with Crippen molar-refractivity contribution in [2.45, 2.75) is 299 Å². The molecule has 12 unspecified atom stereocenters. The summed E-state index contributed by atoms with van der Waals surface area (Å²) in [7, 11) is 0. The Bertz CT molecular complexity index is 1570. The van der Waals surface area contributed by atoms with E-state index in [1.807, 2.05) is 6.08 Å². The van der Waals surface area contributed by atoms with Crippen LogP contribution in [-0.4, -0.2) is 140 Å². The standard InChI is InChI=1S/C63H111NO13/c1-3-5-7-9-11-13-15-17-19-21-23-25-27-28-30-32-34-36-38-40-42-44-46-52(67)51(50-74-62-60(73)58(71)61(54(49-66)76-62)77-63-59(72)57(70)56(69)53(48-65)75-63)64-55(68)47-45-43-41-39-37-35-33-31-29-26-24-22-20-18-16-14-12-10-8-6-4-2/h6,8,12,14,18,20,24,26,31,33,44,46,51-54,56-63,65-67,69-73H,3-5,7,9-11,13,15-17,19,21-23,25,27-30,32,34-43,45,47-50H2,1-2H3,(H,64,68)/b8-6-,14-12-,20-18-,26-24-,33-31-,46-44+. The maximum Gasteiger partial charge on any atom is 0.220 e. The minimum atomic E-state index is -1.79. The second kappa shape index (κ2) is 48.2. The molecule has 14 heteroatoms. The van der Waals surface area contributed by atoms with Gasteiger partial charge in [0.25, 0.3) is 0 Å². The largest absolute Gasteiger partial charge is 0.394 e. The fourth-order valence-electron chi connectivity index (χ4n) is 9.73. The van der Waals surface area contributed by atoms with Crippen molar-refractivity contribution in [1.82, 2.24) is 5.32 Å².